The Morgan fingerprint density at radius 1 is 1.16 bits per heavy atom. The third-order valence-electron chi connectivity index (χ3n) is 4.53. The summed E-state index contributed by atoms with van der Waals surface area (Å²) in [5.41, 5.74) is 1.89. The molecular weight excluding hydrogens is 439 g/mol. The normalized spacial score (nSPS) is 13.5. The van der Waals surface area contributed by atoms with Crippen LogP contribution in [0.5, 0.6) is 11.5 Å². The summed E-state index contributed by atoms with van der Waals surface area (Å²) < 4.78 is 24.8. The molecule has 1 amide bonds. The van der Waals surface area contributed by atoms with Crippen LogP contribution in [0.25, 0.3) is 0 Å². The SMILES string of the molecule is CC(NC(=O)CSc1nnc(NCc2ccc(F)cc2)s1)c1ccc2c(c1)OCCO2. The van der Waals surface area contributed by atoms with Crippen molar-refractivity contribution in [3.05, 3.63) is 59.4 Å². The van der Waals surface area contributed by atoms with Crippen molar-refractivity contribution in [3.8, 4) is 11.5 Å². The van der Waals surface area contributed by atoms with Crippen molar-refractivity contribution in [2.75, 3.05) is 24.3 Å². The number of hydrogen-bond acceptors (Lipinski definition) is 8. The highest BCUT2D eigenvalue weighted by Crippen LogP contribution is 2.32. The van der Waals surface area contributed by atoms with E-state index in [2.05, 4.69) is 20.8 Å². The summed E-state index contributed by atoms with van der Waals surface area (Å²) in [7, 11) is 0. The van der Waals surface area contributed by atoms with Crippen LogP contribution < -0.4 is 20.1 Å². The second-order valence-electron chi connectivity index (χ2n) is 6.83. The number of hydrogen-bond donors (Lipinski definition) is 2. The molecule has 31 heavy (non-hydrogen) atoms. The summed E-state index contributed by atoms with van der Waals surface area (Å²) in [5.74, 6) is 1.31. The van der Waals surface area contributed by atoms with Gasteiger partial charge in [-0.05, 0) is 42.3 Å². The van der Waals surface area contributed by atoms with E-state index < -0.39 is 0 Å². The molecule has 0 bridgehead atoms. The van der Waals surface area contributed by atoms with Crippen molar-refractivity contribution >= 4 is 34.1 Å². The molecule has 2 N–H and O–H groups in total. The van der Waals surface area contributed by atoms with Gasteiger partial charge in [0.25, 0.3) is 0 Å². The lowest BCUT2D eigenvalue weighted by atomic mass is 10.1. The molecule has 1 aliphatic rings. The van der Waals surface area contributed by atoms with Gasteiger partial charge in [0.15, 0.2) is 15.8 Å². The summed E-state index contributed by atoms with van der Waals surface area (Å²) in [6.07, 6.45) is 0. The molecule has 1 unspecified atom stereocenters. The first kappa shape index (κ1) is 21.4. The molecule has 1 atom stereocenters. The molecule has 7 nitrogen and oxygen atoms in total. The van der Waals surface area contributed by atoms with E-state index in [0.717, 1.165) is 16.9 Å². The second-order valence-corrected chi connectivity index (χ2v) is 9.03. The minimum Gasteiger partial charge on any atom is -0.486 e. The van der Waals surface area contributed by atoms with E-state index in [4.69, 9.17) is 9.47 Å². The van der Waals surface area contributed by atoms with Crippen LogP contribution in [0.1, 0.15) is 24.1 Å². The third-order valence-corrected chi connectivity index (χ3v) is 6.55. The van der Waals surface area contributed by atoms with Gasteiger partial charge in [0, 0.05) is 6.54 Å². The molecule has 0 fully saturated rings. The Morgan fingerprint density at radius 3 is 2.74 bits per heavy atom. The Balaban J connectivity index is 1.24. The summed E-state index contributed by atoms with van der Waals surface area (Å²) in [4.78, 5) is 12.4. The van der Waals surface area contributed by atoms with Gasteiger partial charge < -0.3 is 20.1 Å². The summed E-state index contributed by atoms with van der Waals surface area (Å²) in [6.45, 7) is 3.52. The van der Waals surface area contributed by atoms with Crippen LogP contribution in [-0.2, 0) is 11.3 Å². The van der Waals surface area contributed by atoms with Gasteiger partial charge in [0.2, 0.25) is 11.0 Å². The molecule has 4 rings (SSSR count). The molecule has 2 heterocycles. The molecule has 1 aliphatic heterocycles. The number of thioether (sulfide) groups is 1. The van der Waals surface area contributed by atoms with E-state index >= 15 is 0 Å². The minimum absolute atomic E-state index is 0.0941. The van der Waals surface area contributed by atoms with E-state index in [1.54, 1.807) is 12.1 Å². The van der Waals surface area contributed by atoms with Crippen LogP contribution in [0.3, 0.4) is 0 Å². The maximum absolute atomic E-state index is 13.0. The summed E-state index contributed by atoms with van der Waals surface area (Å²) in [5, 5.41) is 15.0. The molecule has 0 spiro atoms. The first-order chi connectivity index (χ1) is 15.1. The Labute approximate surface area is 187 Å². The summed E-state index contributed by atoms with van der Waals surface area (Å²) in [6, 6.07) is 11.8. The number of carbonyl (C=O) groups is 1. The average Bonchev–Trinajstić information content (AvgIpc) is 3.25. The van der Waals surface area contributed by atoms with E-state index in [1.807, 2.05) is 25.1 Å². The fourth-order valence-electron chi connectivity index (χ4n) is 2.94. The number of aromatic nitrogens is 2. The van der Waals surface area contributed by atoms with E-state index in [-0.39, 0.29) is 23.5 Å². The Hall–Kier alpha value is -2.85. The van der Waals surface area contributed by atoms with E-state index in [0.29, 0.717) is 35.0 Å². The van der Waals surface area contributed by atoms with Crippen LogP contribution in [0.15, 0.2) is 46.8 Å². The number of nitrogens with one attached hydrogen (secondary N) is 2. The lowest BCUT2D eigenvalue weighted by Gasteiger charge is -2.21. The van der Waals surface area contributed by atoms with Crippen LogP contribution in [0.4, 0.5) is 9.52 Å². The number of rotatable bonds is 8. The van der Waals surface area contributed by atoms with Crippen LogP contribution >= 0.6 is 23.1 Å². The number of benzene rings is 2. The zero-order valence-corrected chi connectivity index (χ0v) is 18.4. The Kier molecular flexibility index (Phi) is 6.88. The smallest absolute Gasteiger partial charge is 0.230 e. The highest BCUT2D eigenvalue weighted by Gasteiger charge is 2.16. The average molecular weight is 461 g/mol. The monoisotopic (exact) mass is 460 g/mol. The maximum atomic E-state index is 13.0. The van der Waals surface area contributed by atoms with Gasteiger partial charge in [0.05, 0.1) is 11.8 Å². The highest BCUT2D eigenvalue weighted by atomic mass is 32.2. The fraction of sp³-hybridized carbons (Fsp3) is 0.286. The molecule has 1 aromatic heterocycles. The number of fused-ring (bicyclic) bond motifs is 1. The van der Waals surface area contributed by atoms with Gasteiger partial charge in [0.1, 0.15) is 19.0 Å². The summed E-state index contributed by atoms with van der Waals surface area (Å²) >= 11 is 2.70. The Bertz CT molecular complexity index is 1050. The van der Waals surface area contributed by atoms with Crippen LogP contribution in [-0.4, -0.2) is 35.1 Å². The van der Waals surface area contributed by atoms with Crippen LogP contribution in [0.2, 0.25) is 0 Å². The second kappa shape index (κ2) is 9.97. The zero-order chi connectivity index (χ0) is 21.6. The number of ether oxygens (including phenoxy) is 2. The predicted octanol–water partition coefficient (Wildman–Crippen LogP) is 4.03. The van der Waals surface area contributed by atoms with E-state index in [1.165, 1.54) is 35.2 Å². The van der Waals surface area contributed by atoms with Gasteiger partial charge in [-0.25, -0.2) is 4.39 Å². The lowest BCUT2D eigenvalue weighted by Crippen LogP contribution is -2.28. The number of carbonyl (C=O) groups excluding carboxylic acids is 1. The van der Waals surface area contributed by atoms with Gasteiger partial charge in [-0.3, -0.25) is 4.79 Å². The third kappa shape index (κ3) is 5.86. The maximum Gasteiger partial charge on any atom is 0.230 e. The zero-order valence-electron chi connectivity index (χ0n) is 16.8. The topological polar surface area (TPSA) is 85.4 Å². The number of nitrogens with zero attached hydrogens (tertiary/aromatic N) is 2. The molecule has 3 aromatic rings. The molecule has 2 aromatic carbocycles. The minimum atomic E-state index is -0.264. The van der Waals surface area contributed by atoms with E-state index in [9.17, 15) is 9.18 Å². The number of halogens is 1. The molecule has 0 saturated heterocycles. The molecule has 0 radical (unpaired) electrons. The molecule has 162 valence electrons. The first-order valence-electron chi connectivity index (χ1n) is 9.70. The lowest BCUT2D eigenvalue weighted by molar-refractivity contribution is -0.119. The van der Waals surface area contributed by atoms with Crippen molar-refractivity contribution in [1.29, 1.82) is 0 Å². The molecule has 0 saturated carbocycles. The Morgan fingerprint density at radius 2 is 1.94 bits per heavy atom. The van der Waals surface area contributed by atoms with Gasteiger partial charge in [-0.2, -0.15) is 0 Å². The number of anilines is 1. The van der Waals surface area contributed by atoms with Gasteiger partial charge in [-0.15, -0.1) is 10.2 Å². The quantitative estimate of drug-likeness (QED) is 0.491. The van der Waals surface area contributed by atoms with Crippen molar-refractivity contribution in [3.63, 3.8) is 0 Å². The van der Waals surface area contributed by atoms with Crippen molar-refractivity contribution in [2.24, 2.45) is 0 Å². The molecule has 0 aliphatic carbocycles. The molecular formula is C21H21FN4O3S2. The number of amides is 1. The molecule has 10 heteroatoms. The highest BCUT2D eigenvalue weighted by molar-refractivity contribution is 8.01. The van der Waals surface area contributed by atoms with Crippen molar-refractivity contribution < 1.29 is 18.7 Å². The van der Waals surface area contributed by atoms with Gasteiger partial charge >= 0.3 is 0 Å². The standard InChI is InChI=1S/C21H21FN4O3S2/c1-13(15-4-7-17-18(10-15)29-9-8-28-17)24-19(27)12-30-21-26-25-20(31-21)23-11-14-2-5-16(22)6-3-14/h2-7,10,13H,8-9,11-12H2,1H3,(H,23,25)(H,24,27). The van der Waals surface area contributed by atoms with Crippen LogP contribution in [0, 0.1) is 5.82 Å². The predicted molar refractivity (Wildman–Crippen MR) is 118 cm³/mol. The first-order valence-corrected chi connectivity index (χ1v) is 11.5. The fourth-order valence-corrected chi connectivity index (χ4v) is 4.50. The van der Waals surface area contributed by atoms with Gasteiger partial charge in [-0.1, -0.05) is 41.3 Å². The largest absolute Gasteiger partial charge is 0.486 e. The van der Waals surface area contributed by atoms with Crippen molar-refractivity contribution in [1.82, 2.24) is 15.5 Å². The van der Waals surface area contributed by atoms with Crippen molar-refractivity contribution in [2.45, 2.75) is 23.8 Å².